The first-order valence-corrected chi connectivity index (χ1v) is 7.20. The number of nitrogens with one attached hydrogen (secondary N) is 1. The number of H-pyrrole nitrogens is 1. The highest BCUT2D eigenvalue weighted by molar-refractivity contribution is 5.88. The molecule has 2 aromatic carbocycles. The Hall–Kier alpha value is -2.55. The van der Waals surface area contributed by atoms with Crippen molar-refractivity contribution in [1.29, 1.82) is 0 Å². The van der Waals surface area contributed by atoms with E-state index in [-0.39, 0.29) is 0 Å². The Bertz CT molecular complexity index is 772. The molecule has 0 spiro atoms. The zero-order chi connectivity index (χ0) is 14.8. The monoisotopic (exact) mass is 277 g/mol. The Morgan fingerprint density at radius 1 is 1.10 bits per heavy atom. The van der Waals surface area contributed by atoms with E-state index in [1.54, 1.807) is 0 Å². The molecule has 0 bridgehead atoms. The van der Waals surface area contributed by atoms with Gasteiger partial charge in [-0.25, -0.2) is 0 Å². The van der Waals surface area contributed by atoms with Crippen LogP contribution < -0.4 is 5.73 Å². The van der Waals surface area contributed by atoms with Crippen molar-refractivity contribution in [1.82, 2.24) is 10.2 Å². The highest BCUT2D eigenvalue weighted by atomic mass is 15.2. The normalized spacial score (nSPS) is 10.8. The summed E-state index contributed by atoms with van der Waals surface area (Å²) in [5, 5.41) is 7.34. The average molecular weight is 277 g/mol. The Morgan fingerprint density at radius 2 is 1.90 bits per heavy atom. The molecule has 3 aromatic rings. The zero-order valence-electron chi connectivity index (χ0n) is 12.4. The average Bonchev–Trinajstić information content (AvgIpc) is 2.88. The smallest absolute Gasteiger partial charge is 0.153 e. The van der Waals surface area contributed by atoms with Gasteiger partial charge in [0.1, 0.15) is 0 Å². The fourth-order valence-corrected chi connectivity index (χ4v) is 2.72. The van der Waals surface area contributed by atoms with Crippen LogP contribution in [0.3, 0.4) is 0 Å². The van der Waals surface area contributed by atoms with E-state index in [2.05, 4.69) is 60.4 Å². The zero-order valence-corrected chi connectivity index (χ0v) is 12.4. The molecule has 1 aromatic heterocycles. The molecule has 0 saturated carbocycles. The molecule has 3 nitrogen and oxygen atoms in total. The molecule has 0 aliphatic rings. The van der Waals surface area contributed by atoms with E-state index in [0.717, 1.165) is 23.2 Å². The first-order valence-electron chi connectivity index (χ1n) is 7.20. The fourth-order valence-electron chi connectivity index (χ4n) is 2.72. The maximum Gasteiger partial charge on any atom is 0.153 e. The van der Waals surface area contributed by atoms with Crippen molar-refractivity contribution >= 4 is 5.82 Å². The number of aryl methyl sites for hydroxylation is 2. The molecular weight excluding hydrogens is 258 g/mol. The maximum atomic E-state index is 6.11. The molecule has 0 aliphatic carbocycles. The molecule has 0 fully saturated rings. The third-order valence-corrected chi connectivity index (χ3v) is 3.77. The van der Waals surface area contributed by atoms with Crippen molar-refractivity contribution < 1.29 is 0 Å². The van der Waals surface area contributed by atoms with Gasteiger partial charge in [0, 0.05) is 5.56 Å². The van der Waals surface area contributed by atoms with Crippen LogP contribution in [-0.2, 0) is 6.42 Å². The summed E-state index contributed by atoms with van der Waals surface area (Å²) in [7, 11) is 0. The van der Waals surface area contributed by atoms with E-state index in [0.29, 0.717) is 5.82 Å². The van der Waals surface area contributed by atoms with Crippen LogP contribution in [0.5, 0.6) is 0 Å². The number of aromatic amines is 1. The fraction of sp³-hybridized carbons (Fsp3) is 0.167. The van der Waals surface area contributed by atoms with Gasteiger partial charge in [-0.3, -0.25) is 5.10 Å². The van der Waals surface area contributed by atoms with Crippen molar-refractivity contribution in [3.63, 3.8) is 0 Å². The van der Waals surface area contributed by atoms with Crippen molar-refractivity contribution in [3.8, 4) is 22.4 Å². The van der Waals surface area contributed by atoms with Crippen molar-refractivity contribution in [3.05, 3.63) is 59.7 Å². The molecular formula is C18H19N3. The topological polar surface area (TPSA) is 54.7 Å². The second-order valence-corrected chi connectivity index (χ2v) is 5.24. The number of nitrogens with zero attached hydrogens (tertiary/aromatic N) is 1. The standard InChI is InChI=1S/C18H19N3/c1-3-13-8-4-5-10-15(13)17-16(18(19)21-20-17)14-9-6-7-12(2)11-14/h4-11H,3H2,1-2H3,(H3,19,20,21). The predicted octanol–water partition coefficient (Wildman–Crippen LogP) is 4.20. The van der Waals surface area contributed by atoms with Crippen LogP contribution in [-0.4, -0.2) is 10.2 Å². The number of hydrogen-bond donors (Lipinski definition) is 2. The van der Waals surface area contributed by atoms with Gasteiger partial charge in [0.25, 0.3) is 0 Å². The Kier molecular flexibility index (Phi) is 3.48. The lowest BCUT2D eigenvalue weighted by molar-refractivity contribution is 1.09. The van der Waals surface area contributed by atoms with Gasteiger partial charge in [0.05, 0.1) is 11.3 Å². The van der Waals surface area contributed by atoms with E-state index in [1.807, 2.05) is 12.1 Å². The predicted molar refractivity (Wildman–Crippen MR) is 88.0 cm³/mol. The molecule has 0 radical (unpaired) electrons. The summed E-state index contributed by atoms with van der Waals surface area (Å²) in [6.45, 7) is 4.24. The summed E-state index contributed by atoms with van der Waals surface area (Å²) in [4.78, 5) is 0. The van der Waals surface area contributed by atoms with Crippen LogP contribution in [0.1, 0.15) is 18.1 Å². The van der Waals surface area contributed by atoms with Crippen LogP contribution in [0.15, 0.2) is 48.5 Å². The number of anilines is 1. The van der Waals surface area contributed by atoms with Crippen molar-refractivity contribution in [2.75, 3.05) is 5.73 Å². The molecule has 3 heteroatoms. The molecule has 3 N–H and O–H groups in total. The second kappa shape index (κ2) is 5.44. The summed E-state index contributed by atoms with van der Waals surface area (Å²) >= 11 is 0. The van der Waals surface area contributed by atoms with Gasteiger partial charge in [-0.1, -0.05) is 61.0 Å². The lowest BCUT2D eigenvalue weighted by Gasteiger charge is -2.09. The second-order valence-electron chi connectivity index (χ2n) is 5.24. The molecule has 3 rings (SSSR count). The van der Waals surface area contributed by atoms with E-state index in [9.17, 15) is 0 Å². The lowest BCUT2D eigenvalue weighted by Crippen LogP contribution is -1.91. The molecule has 0 aliphatic heterocycles. The first-order chi connectivity index (χ1) is 10.2. The molecule has 0 amide bonds. The number of benzene rings is 2. The summed E-state index contributed by atoms with van der Waals surface area (Å²) in [6, 6.07) is 16.7. The Balaban J connectivity index is 2.22. The van der Waals surface area contributed by atoms with E-state index < -0.39 is 0 Å². The number of hydrogen-bond acceptors (Lipinski definition) is 2. The molecule has 106 valence electrons. The number of rotatable bonds is 3. The maximum absolute atomic E-state index is 6.11. The van der Waals surface area contributed by atoms with Crippen LogP contribution in [0.4, 0.5) is 5.82 Å². The van der Waals surface area contributed by atoms with E-state index >= 15 is 0 Å². The van der Waals surface area contributed by atoms with Gasteiger partial charge >= 0.3 is 0 Å². The summed E-state index contributed by atoms with van der Waals surface area (Å²) in [6.07, 6.45) is 0.975. The van der Waals surface area contributed by atoms with E-state index in [1.165, 1.54) is 16.7 Å². The quantitative estimate of drug-likeness (QED) is 0.754. The van der Waals surface area contributed by atoms with Crippen LogP contribution >= 0.6 is 0 Å². The van der Waals surface area contributed by atoms with Crippen molar-refractivity contribution in [2.24, 2.45) is 0 Å². The Labute approximate surface area is 124 Å². The van der Waals surface area contributed by atoms with E-state index in [4.69, 9.17) is 5.73 Å². The minimum atomic E-state index is 0.543. The SMILES string of the molecule is CCc1ccccc1-c1[nH]nc(N)c1-c1cccc(C)c1. The number of nitrogen functional groups attached to an aromatic ring is 1. The molecule has 21 heavy (non-hydrogen) atoms. The first kappa shape index (κ1) is 13.4. The van der Waals surface area contributed by atoms with Gasteiger partial charge < -0.3 is 5.73 Å². The van der Waals surface area contributed by atoms with Crippen LogP contribution in [0.25, 0.3) is 22.4 Å². The van der Waals surface area contributed by atoms with Crippen molar-refractivity contribution in [2.45, 2.75) is 20.3 Å². The minimum Gasteiger partial charge on any atom is -0.382 e. The highest BCUT2D eigenvalue weighted by Crippen LogP contribution is 2.36. The largest absolute Gasteiger partial charge is 0.382 e. The minimum absolute atomic E-state index is 0.543. The lowest BCUT2D eigenvalue weighted by atomic mass is 9.96. The molecule has 0 atom stereocenters. The Morgan fingerprint density at radius 3 is 2.67 bits per heavy atom. The molecule has 0 unspecified atom stereocenters. The van der Waals surface area contributed by atoms with Gasteiger partial charge in [-0.05, 0) is 24.5 Å². The van der Waals surface area contributed by atoms with Gasteiger partial charge in [-0.15, -0.1) is 0 Å². The number of nitrogens with two attached hydrogens (primary N) is 1. The number of aromatic nitrogens is 2. The highest BCUT2D eigenvalue weighted by Gasteiger charge is 2.16. The summed E-state index contributed by atoms with van der Waals surface area (Å²) < 4.78 is 0. The molecule has 0 saturated heterocycles. The van der Waals surface area contributed by atoms with Crippen LogP contribution in [0.2, 0.25) is 0 Å². The third-order valence-electron chi connectivity index (χ3n) is 3.77. The third kappa shape index (κ3) is 2.42. The van der Waals surface area contributed by atoms with Crippen LogP contribution in [0, 0.1) is 6.92 Å². The van der Waals surface area contributed by atoms with Gasteiger partial charge in [-0.2, -0.15) is 5.10 Å². The molecule has 1 heterocycles. The van der Waals surface area contributed by atoms with Gasteiger partial charge in [0.15, 0.2) is 5.82 Å². The summed E-state index contributed by atoms with van der Waals surface area (Å²) in [5.74, 6) is 0.543. The van der Waals surface area contributed by atoms with Gasteiger partial charge in [0.2, 0.25) is 0 Å². The summed E-state index contributed by atoms with van der Waals surface area (Å²) in [5.41, 5.74) is 12.9.